The Kier molecular flexibility index (Phi) is 6.90. The molecular formula is C24H30N4O2. The van der Waals surface area contributed by atoms with Gasteiger partial charge in [0.1, 0.15) is 0 Å². The van der Waals surface area contributed by atoms with Crippen molar-refractivity contribution in [3.63, 3.8) is 0 Å². The van der Waals surface area contributed by atoms with Gasteiger partial charge in [-0.3, -0.25) is 9.59 Å². The molecule has 158 valence electrons. The minimum absolute atomic E-state index is 0.108. The normalized spacial score (nSPS) is 11.1. The molecule has 2 aromatic carbocycles. The van der Waals surface area contributed by atoms with Crippen molar-refractivity contribution in [1.29, 1.82) is 0 Å². The van der Waals surface area contributed by atoms with E-state index in [0.29, 0.717) is 23.4 Å². The number of hydrogen-bond acceptors (Lipinski definition) is 3. The first-order chi connectivity index (χ1) is 14.4. The lowest BCUT2D eigenvalue weighted by Crippen LogP contribution is -2.34. The number of H-pyrrole nitrogens is 1. The third-order valence-corrected chi connectivity index (χ3v) is 5.58. The zero-order valence-electron chi connectivity index (χ0n) is 18.1. The number of rotatable bonds is 8. The Bertz CT molecular complexity index is 1030. The number of aromatic amines is 1. The Hall–Kier alpha value is -3.12. The molecule has 2 amide bonds. The highest BCUT2D eigenvalue weighted by Gasteiger charge is 2.11. The zero-order chi connectivity index (χ0) is 21.7. The maximum absolute atomic E-state index is 12.7. The van der Waals surface area contributed by atoms with E-state index in [1.165, 1.54) is 0 Å². The fraction of sp³-hybridized carbons (Fsp3) is 0.333. The highest BCUT2D eigenvalue weighted by Crippen LogP contribution is 2.23. The lowest BCUT2D eigenvalue weighted by molar-refractivity contribution is 0.0948. The fourth-order valence-electron chi connectivity index (χ4n) is 3.48. The van der Waals surface area contributed by atoms with Crippen LogP contribution in [0.5, 0.6) is 0 Å². The molecule has 30 heavy (non-hydrogen) atoms. The van der Waals surface area contributed by atoms with Gasteiger partial charge >= 0.3 is 0 Å². The Morgan fingerprint density at radius 3 is 2.27 bits per heavy atom. The van der Waals surface area contributed by atoms with Gasteiger partial charge in [-0.25, -0.2) is 0 Å². The molecule has 0 unspecified atom stereocenters. The third-order valence-electron chi connectivity index (χ3n) is 5.58. The summed E-state index contributed by atoms with van der Waals surface area (Å²) in [4.78, 5) is 30.5. The molecule has 0 aliphatic heterocycles. The summed E-state index contributed by atoms with van der Waals surface area (Å²) in [6.45, 7) is 11.7. The molecule has 3 rings (SSSR count). The number of hydrogen-bond donors (Lipinski definition) is 3. The number of aromatic nitrogens is 1. The van der Waals surface area contributed by atoms with Crippen LogP contribution in [0.25, 0.3) is 10.9 Å². The highest BCUT2D eigenvalue weighted by molar-refractivity contribution is 6.06. The quantitative estimate of drug-likeness (QED) is 0.527. The number of fused-ring (bicyclic) bond motifs is 1. The first-order valence-electron chi connectivity index (χ1n) is 10.4. The second-order valence-corrected chi connectivity index (χ2v) is 7.45. The summed E-state index contributed by atoms with van der Waals surface area (Å²) in [6.07, 6.45) is 0. The number of nitrogens with zero attached hydrogens (tertiary/aromatic N) is 1. The van der Waals surface area contributed by atoms with Gasteiger partial charge in [0.25, 0.3) is 11.8 Å². The molecule has 0 fully saturated rings. The molecule has 0 aliphatic carbocycles. The minimum Gasteiger partial charge on any atom is -0.358 e. The largest absolute Gasteiger partial charge is 0.358 e. The fourth-order valence-corrected chi connectivity index (χ4v) is 3.48. The van der Waals surface area contributed by atoms with Crippen LogP contribution in [0.4, 0.5) is 5.69 Å². The van der Waals surface area contributed by atoms with Crippen LogP contribution in [0.3, 0.4) is 0 Å². The first-order valence-corrected chi connectivity index (χ1v) is 10.4. The summed E-state index contributed by atoms with van der Waals surface area (Å²) < 4.78 is 0. The number of nitrogens with one attached hydrogen (secondary N) is 3. The van der Waals surface area contributed by atoms with Crippen molar-refractivity contribution in [3.8, 4) is 0 Å². The lowest BCUT2D eigenvalue weighted by Gasteiger charge is -2.18. The predicted molar refractivity (Wildman–Crippen MR) is 122 cm³/mol. The van der Waals surface area contributed by atoms with Crippen molar-refractivity contribution in [2.45, 2.75) is 27.7 Å². The van der Waals surface area contributed by atoms with Gasteiger partial charge < -0.3 is 20.5 Å². The molecule has 1 heterocycles. The van der Waals surface area contributed by atoms with Crippen LogP contribution in [-0.4, -0.2) is 47.9 Å². The van der Waals surface area contributed by atoms with Crippen molar-refractivity contribution >= 4 is 28.4 Å². The van der Waals surface area contributed by atoms with Crippen molar-refractivity contribution in [2.24, 2.45) is 0 Å². The van der Waals surface area contributed by atoms with Crippen LogP contribution in [-0.2, 0) is 0 Å². The van der Waals surface area contributed by atoms with E-state index < -0.39 is 0 Å². The smallest absolute Gasteiger partial charge is 0.255 e. The third kappa shape index (κ3) is 4.89. The van der Waals surface area contributed by atoms with E-state index in [9.17, 15) is 9.59 Å². The molecule has 6 nitrogen and oxygen atoms in total. The summed E-state index contributed by atoms with van der Waals surface area (Å²) in [7, 11) is 0. The van der Waals surface area contributed by atoms with Crippen molar-refractivity contribution in [2.75, 3.05) is 31.5 Å². The van der Waals surface area contributed by atoms with Crippen molar-refractivity contribution in [1.82, 2.24) is 15.2 Å². The summed E-state index contributed by atoms with van der Waals surface area (Å²) in [6, 6.07) is 12.6. The molecular weight excluding hydrogens is 376 g/mol. The van der Waals surface area contributed by atoms with E-state index >= 15 is 0 Å². The first kappa shape index (κ1) is 21.6. The standard InChI is InChI=1S/C24H30N4O2/c1-5-28(6-2)14-13-25-23(29)18-7-10-20(11-8-18)27-24(30)19-9-12-22-21(15-19)16(3)17(4)26-22/h7-12,15,26H,5-6,13-14H2,1-4H3,(H,25,29)(H,27,30). The summed E-state index contributed by atoms with van der Waals surface area (Å²) in [5.74, 6) is -0.282. The van der Waals surface area contributed by atoms with Gasteiger partial charge in [-0.1, -0.05) is 13.8 Å². The average Bonchev–Trinajstić information content (AvgIpc) is 3.04. The Labute approximate surface area is 177 Å². The van der Waals surface area contributed by atoms with Crippen molar-refractivity contribution in [3.05, 3.63) is 64.8 Å². The van der Waals surface area contributed by atoms with Crippen LogP contribution in [0, 0.1) is 13.8 Å². The minimum atomic E-state index is -0.174. The SMILES string of the molecule is CCN(CC)CCNC(=O)c1ccc(NC(=O)c2ccc3[nH]c(C)c(C)c3c2)cc1. The van der Waals surface area contributed by atoms with Crippen LogP contribution in [0.2, 0.25) is 0 Å². The molecule has 0 saturated carbocycles. The number of carbonyl (C=O) groups excluding carboxylic acids is 2. The molecule has 0 radical (unpaired) electrons. The number of amides is 2. The average molecular weight is 407 g/mol. The molecule has 3 N–H and O–H groups in total. The Balaban J connectivity index is 1.60. The molecule has 6 heteroatoms. The van der Waals surface area contributed by atoms with Crippen molar-refractivity contribution < 1.29 is 9.59 Å². The van der Waals surface area contributed by atoms with E-state index in [0.717, 1.165) is 41.8 Å². The number of benzene rings is 2. The summed E-state index contributed by atoms with van der Waals surface area (Å²) >= 11 is 0. The number of carbonyl (C=O) groups is 2. The second-order valence-electron chi connectivity index (χ2n) is 7.45. The summed E-state index contributed by atoms with van der Waals surface area (Å²) in [5.41, 5.74) is 5.11. The lowest BCUT2D eigenvalue weighted by atomic mass is 10.1. The maximum Gasteiger partial charge on any atom is 0.255 e. The van der Waals surface area contributed by atoms with E-state index in [1.54, 1.807) is 24.3 Å². The van der Waals surface area contributed by atoms with Gasteiger partial charge in [0.05, 0.1) is 0 Å². The molecule has 1 aromatic heterocycles. The second kappa shape index (κ2) is 9.59. The molecule has 3 aromatic rings. The predicted octanol–water partition coefficient (Wildman–Crippen LogP) is 4.11. The van der Waals surface area contributed by atoms with Gasteiger partial charge in [-0.2, -0.15) is 0 Å². The molecule has 0 atom stereocenters. The number of likely N-dealkylation sites (N-methyl/N-ethyl adjacent to an activating group) is 1. The van der Waals surface area contributed by atoms with Crippen LogP contribution < -0.4 is 10.6 Å². The van der Waals surface area contributed by atoms with Crippen LogP contribution in [0.1, 0.15) is 45.8 Å². The van der Waals surface area contributed by atoms with Gasteiger partial charge in [-0.05, 0) is 75.0 Å². The molecule has 0 aliphatic rings. The van der Waals surface area contributed by atoms with E-state index in [2.05, 4.69) is 34.4 Å². The van der Waals surface area contributed by atoms with Crippen LogP contribution >= 0.6 is 0 Å². The Morgan fingerprint density at radius 1 is 0.933 bits per heavy atom. The molecule has 0 saturated heterocycles. The van der Waals surface area contributed by atoms with Gasteiger partial charge in [0.15, 0.2) is 0 Å². The van der Waals surface area contributed by atoms with E-state index in [1.807, 2.05) is 32.0 Å². The van der Waals surface area contributed by atoms with Gasteiger partial charge in [0, 0.05) is 46.5 Å². The highest BCUT2D eigenvalue weighted by atomic mass is 16.2. The zero-order valence-corrected chi connectivity index (χ0v) is 18.1. The molecule has 0 spiro atoms. The maximum atomic E-state index is 12.7. The Morgan fingerprint density at radius 2 is 1.60 bits per heavy atom. The van der Waals surface area contributed by atoms with E-state index in [4.69, 9.17) is 0 Å². The van der Waals surface area contributed by atoms with Crippen LogP contribution in [0.15, 0.2) is 42.5 Å². The van der Waals surface area contributed by atoms with Gasteiger partial charge in [-0.15, -0.1) is 0 Å². The van der Waals surface area contributed by atoms with Gasteiger partial charge in [0.2, 0.25) is 0 Å². The molecule has 0 bridgehead atoms. The monoisotopic (exact) mass is 406 g/mol. The number of aryl methyl sites for hydroxylation is 2. The number of anilines is 1. The van der Waals surface area contributed by atoms with E-state index in [-0.39, 0.29) is 11.8 Å². The topological polar surface area (TPSA) is 77.2 Å². The summed E-state index contributed by atoms with van der Waals surface area (Å²) in [5, 5.41) is 6.89.